The van der Waals surface area contributed by atoms with Crippen LogP contribution < -0.4 is 5.32 Å². The summed E-state index contributed by atoms with van der Waals surface area (Å²) in [6.45, 7) is 8.90. The summed E-state index contributed by atoms with van der Waals surface area (Å²) in [7, 11) is 4.54. The van der Waals surface area contributed by atoms with Crippen molar-refractivity contribution in [1.29, 1.82) is 0 Å². The van der Waals surface area contributed by atoms with E-state index in [9.17, 15) is 0 Å². The molecule has 0 bridgehead atoms. The first kappa shape index (κ1) is 16.2. The maximum absolute atomic E-state index is 5.72. The summed E-state index contributed by atoms with van der Waals surface area (Å²) in [4.78, 5) is 5.03. The monoisotopic (exact) mass is 283 g/mol. The minimum Gasteiger partial charge on any atom is -0.381 e. The molecule has 0 radical (unpaired) electrons. The Bertz CT molecular complexity index is 266. The molecule has 2 heterocycles. The zero-order valence-electron chi connectivity index (χ0n) is 13.6. The second-order valence-electron chi connectivity index (χ2n) is 6.66. The molecule has 0 aromatic heterocycles. The lowest BCUT2D eigenvalue weighted by Crippen LogP contribution is -2.50. The first-order valence-corrected chi connectivity index (χ1v) is 8.40. The number of likely N-dealkylation sites (tertiary alicyclic amines) is 1. The highest BCUT2D eigenvalue weighted by Crippen LogP contribution is 2.20. The third-order valence-corrected chi connectivity index (χ3v) is 4.96. The largest absolute Gasteiger partial charge is 0.381 e. The molecule has 0 spiro atoms. The van der Waals surface area contributed by atoms with E-state index in [1.807, 2.05) is 0 Å². The molecular weight excluding hydrogens is 250 g/mol. The fraction of sp³-hybridized carbons (Fsp3) is 1.00. The van der Waals surface area contributed by atoms with Crippen molar-refractivity contribution in [3.05, 3.63) is 0 Å². The fourth-order valence-corrected chi connectivity index (χ4v) is 3.53. The van der Waals surface area contributed by atoms with Crippen molar-refractivity contribution in [1.82, 2.24) is 15.1 Å². The highest BCUT2D eigenvalue weighted by Gasteiger charge is 2.29. The molecule has 0 aromatic rings. The molecule has 0 aliphatic carbocycles. The first-order chi connectivity index (χ1) is 9.70. The molecule has 0 aromatic carbocycles. The van der Waals surface area contributed by atoms with Crippen LogP contribution in [0.1, 0.15) is 32.6 Å². The SMILES string of the molecule is CCCNC1CCOCC1CN(C)C1CCN(C)CC1. The summed E-state index contributed by atoms with van der Waals surface area (Å²) in [5.74, 6) is 0.653. The number of ether oxygens (including phenoxy) is 1. The van der Waals surface area contributed by atoms with Gasteiger partial charge >= 0.3 is 0 Å². The third kappa shape index (κ3) is 4.69. The van der Waals surface area contributed by atoms with Gasteiger partial charge in [-0.2, -0.15) is 0 Å². The van der Waals surface area contributed by atoms with Gasteiger partial charge in [-0.25, -0.2) is 0 Å². The van der Waals surface area contributed by atoms with Crippen molar-refractivity contribution in [2.24, 2.45) is 5.92 Å². The predicted molar refractivity (Wildman–Crippen MR) is 84.2 cm³/mol. The van der Waals surface area contributed by atoms with Crippen LogP contribution in [-0.4, -0.2) is 75.4 Å². The number of hydrogen-bond acceptors (Lipinski definition) is 4. The van der Waals surface area contributed by atoms with E-state index in [0.717, 1.165) is 25.8 Å². The number of nitrogens with zero attached hydrogens (tertiary/aromatic N) is 2. The maximum Gasteiger partial charge on any atom is 0.0521 e. The smallest absolute Gasteiger partial charge is 0.0521 e. The Kier molecular flexibility index (Phi) is 6.75. The van der Waals surface area contributed by atoms with E-state index >= 15 is 0 Å². The molecule has 0 amide bonds. The highest BCUT2D eigenvalue weighted by molar-refractivity contribution is 4.84. The van der Waals surface area contributed by atoms with Crippen LogP contribution in [0.4, 0.5) is 0 Å². The van der Waals surface area contributed by atoms with Gasteiger partial charge in [0.15, 0.2) is 0 Å². The summed E-state index contributed by atoms with van der Waals surface area (Å²) >= 11 is 0. The maximum atomic E-state index is 5.72. The average molecular weight is 283 g/mol. The predicted octanol–water partition coefficient (Wildman–Crippen LogP) is 1.42. The van der Waals surface area contributed by atoms with Crippen molar-refractivity contribution >= 4 is 0 Å². The number of nitrogens with one attached hydrogen (secondary N) is 1. The molecule has 118 valence electrons. The summed E-state index contributed by atoms with van der Waals surface area (Å²) < 4.78 is 5.72. The van der Waals surface area contributed by atoms with E-state index in [1.165, 1.54) is 45.3 Å². The molecule has 2 aliphatic rings. The summed E-state index contributed by atoms with van der Waals surface area (Å²) in [6.07, 6.45) is 5.02. The van der Waals surface area contributed by atoms with Crippen LogP contribution in [0.15, 0.2) is 0 Å². The Balaban J connectivity index is 1.79. The number of rotatable bonds is 6. The molecule has 4 nitrogen and oxygen atoms in total. The van der Waals surface area contributed by atoms with Crippen LogP contribution in [0.5, 0.6) is 0 Å². The van der Waals surface area contributed by atoms with Gasteiger partial charge in [-0.3, -0.25) is 0 Å². The van der Waals surface area contributed by atoms with Crippen LogP contribution in [0.3, 0.4) is 0 Å². The Morgan fingerprint density at radius 2 is 2.00 bits per heavy atom. The van der Waals surface area contributed by atoms with Crippen molar-refractivity contribution < 1.29 is 4.74 Å². The van der Waals surface area contributed by atoms with Crippen molar-refractivity contribution in [2.75, 3.05) is 53.5 Å². The topological polar surface area (TPSA) is 27.7 Å². The van der Waals surface area contributed by atoms with E-state index in [1.54, 1.807) is 0 Å². The van der Waals surface area contributed by atoms with Crippen LogP contribution in [0, 0.1) is 5.92 Å². The van der Waals surface area contributed by atoms with E-state index < -0.39 is 0 Å². The Hall–Kier alpha value is -0.160. The van der Waals surface area contributed by atoms with Gasteiger partial charge in [0.05, 0.1) is 6.61 Å². The van der Waals surface area contributed by atoms with Gasteiger partial charge in [-0.1, -0.05) is 6.92 Å². The van der Waals surface area contributed by atoms with Gasteiger partial charge in [0, 0.05) is 31.2 Å². The minimum absolute atomic E-state index is 0.650. The zero-order valence-corrected chi connectivity index (χ0v) is 13.6. The minimum atomic E-state index is 0.650. The second-order valence-corrected chi connectivity index (χ2v) is 6.66. The lowest BCUT2D eigenvalue weighted by atomic mass is 9.93. The second kappa shape index (κ2) is 8.32. The average Bonchev–Trinajstić information content (AvgIpc) is 2.47. The summed E-state index contributed by atoms with van der Waals surface area (Å²) in [5.41, 5.74) is 0. The lowest BCUT2D eigenvalue weighted by molar-refractivity contribution is 0.0102. The van der Waals surface area contributed by atoms with E-state index in [0.29, 0.717) is 12.0 Å². The van der Waals surface area contributed by atoms with Crippen LogP contribution >= 0.6 is 0 Å². The number of piperidine rings is 1. The summed E-state index contributed by atoms with van der Waals surface area (Å²) in [5, 5.41) is 3.72. The van der Waals surface area contributed by atoms with Crippen LogP contribution in [0.25, 0.3) is 0 Å². The molecule has 1 N–H and O–H groups in total. The third-order valence-electron chi connectivity index (χ3n) is 4.96. The molecule has 2 rings (SSSR count). The number of hydrogen-bond donors (Lipinski definition) is 1. The Labute approximate surface area is 124 Å². The molecule has 0 saturated carbocycles. The van der Waals surface area contributed by atoms with Crippen molar-refractivity contribution in [3.8, 4) is 0 Å². The molecule has 2 unspecified atom stereocenters. The molecule has 2 fully saturated rings. The fourth-order valence-electron chi connectivity index (χ4n) is 3.53. The van der Waals surface area contributed by atoms with Gasteiger partial charge in [0.1, 0.15) is 0 Å². The molecule has 2 aliphatic heterocycles. The first-order valence-electron chi connectivity index (χ1n) is 8.40. The van der Waals surface area contributed by atoms with Gasteiger partial charge in [0.2, 0.25) is 0 Å². The lowest BCUT2D eigenvalue weighted by Gasteiger charge is -2.40. The van der Waals surface area contributed by atoms with Gasteiger partial charge in [-0.15, -0.1) is 0 Å². The molecular formula is C16H33N3O. The molecule has 20 heavy (non-hydrogen) atoms. The highest BCUT2D eigenvalue weighted by atomic mass is 16.5. The van der Waals surface area contributed by atoms with E-state index in [-0.39, 0.29) is 0 Å². The van der Waals surface area contributed by atoms with Crippen LogP contribution in [0.2, 0.25) is 0 Å². The quantitative estimate of drug-likeness (QED) is 0.798. The van der Waals surface area contributed by atoms with Crippen LogP contribution in [-0.2, 0) is 4.74 Å². The van der Waals surface area contributed by atoms with Crippen molar-refractivity contribution in [3.63, 3.8) is 0 Å². The molecule has 2 saturated heterocycles. The molecule has 2 atom stereocenters. The Morgan fingerprint density at radius 3 is 2.70 bits per heavy atom. The molecule has 4 heteroatoms. The normalized spacial score (nSPS) is 30.0. The summed E-state index contributed by atoms with van der Waals surface area (Å²) in [6, 6.07) is 1.41. The van der Waals surface area contributed by atoms with E-state index in [4.69, 9.17) is 4.74 Å². The van der Waals surface area contributed by atoms with Gasteiger partial charge in [-0.05, 0) is 59.4 Å². The van der Waals surface area contributed by atoms with Crippen molar-refractivity contribution in [2.45, 2.75) is 44.7 Å². The standard InChI is InChI=1S/C16H33N3O/c1-4-8-17-16-7-11-20-13-14(16)12-19(3)15-5-9-18(2)10-6-15/h14-17H,4-13H2,1-3H3. The van der Waals surface area contributed by atoms with Gasteiger partial charge < -0.3 is 19.9 Å². The zero-order chi connectivity index (χ0) is 14.4. The van der Waals surface area contributed by atoms with Gasteiger partial charge in [0.25, 0.3) is 0 Å². The van der Waals surface area contributed by atoms with E-state index in [2.05, 4.69) is 36.1 Å². The Morgan fingerprint density at radius 1 is 1.25 bits per heavy atom.